The van der Waals surface area contributed by atoms with Gasteiger partial charge in [0.1, 0.15) is 0 Å². The van der Waals surface area contributed by atoms with Gasteiger partial charge in [0.05, 0.1) is 0 Å². The minimum atomic E-state index is 0. The van der Waals surface area contributed by atoms with Crippen molar-refractivity contribution in [2.24, 2.45) is 5.92 Å². The molecule has 0 heterocycles. The fourth-order valence-electron chi connectivity index (χ4n) is 1.33. The van der Waals surface area contributed by atoms with Gasteiger partial charge in [-0.1, -0.05) is 19.3 Å². The molecule has 0 aromatic carbocycles. The number of hydrogen-bond donors (Lipinski definition) is 0. The molecule has 0 aliphatic heterocycles. The molecule has 1 fully saturated rings. The molecular formula is C8H11LiO. The zero-order valence-electron chi connectivity index (χ0n) is 6.52. The standard InChI is InChI=1S/C8H12O.Li/c9-7-6-8-4-2-1-3-5-8;/h8-9H,1-5H2;/q;+1/p-1. The van der Waals surface area contributed by atoms with Gasteiger partial charge in [-0.3, -0.25) is 0 Å². The van der Waals surface area contributed by atoms with Crippen LogP contribution >= 0.6 is 0 Å². The fourth-order valence-corrected chi connectivity index (χ4v) is 1.33. The molecule has 1 aliphatic carbocycles. The van der Waals surface area contributed by atoms with Crippen LogP contribution in [0.3, 0.4) is 0 Å². The molecule has 1 rings (SSSR count). The largest absolute Gasteiger partial charge is 1.00 e. The molecule has 0 N–H and O–H groups in total. The van der Waals surface area contributed by atoms with Gasteiger partial charge < -0.3 is 5.11 Å². The van der Waals surface area contributed by atoms with E-state index in [1.165, 1.54) is 19.3 Å². The Morgan fingerprint density at radius 1 is 1.10 bits per heavy atom. The quantitative estimate of drug-likeness (QED) is 0.272. The minimum Gasteiger partial charge on any atom is -0.833 e. The Kier molecular flexibility index (Phi) is 5.70. The molecule has 0 amide bonds. The Hall–Kier alpha value is -0.0426. The van der Waals surface area contributed by atoms with Crippen molar-refractivity contribution in [3.8, 4) is 12.0 Å². The molecule has 0 spiro atoms. The Bertz CT molecular complexity index is 128. The van der Waals surface area contributed by atoms with Crippen molar-refractivity contribution >= 4 is 0 Å². The summed E-state index contributed by atoms with van der Waals surface area (Å²) in [5, 5.41) is 9.84. The van der Waals surface area contributed by atoms with E-state index in [9.17, 15) is 5.11 Å². The Labute approximate surface area is 74.4 Å². The fraction of sp³-hybridized carbons (Fsp3) is 0.750. The van der Waals surface area contributed by atoms with Crippen molar-refractivity contribution < 1.29 is 24.0 Å². The third kappa shape index (κ3) is 3.21. The van der Waals surface area contributed by atoms with E-state index in [2.05, 4.69) is 5.92 Å². The average Bonchev–Trinajstić information content (AvgIpc) is 1.91. The third-order valence-corrected chi connectivity index (χ3v) is 1.87. The first kappa shape index (κ1) is 9.96. The van der Waals surface area contributed by atoms with Gasteiger partial charge >= 0.3 is 18.9 Å². The molecule has 1 saturated carbocycles. The summed E-state index contributed by atoms with van der Waals surface area (Å²) in [5.41, 5.74) is 0. The van der Waals surface area contributed by atoms with Crippen LogP contribution in [0.1, 0.15) is 32.1 Å². The van der Waals surface area contributed by atoms with Gasteiger partial charge in [0, 0.05) is 5.92 Å². The minimum absolute atomic E-state index is 0. The van der Waals surface area contributed by atoms with E-state index < -0.39 is 0 Å². The molecule has 0 aromatic heterocycles. The summed E-state index contributed by atoms with van der Waals surface area (Å²) in [5.74, 6) is 3.11. The van der Waals surface area contributed by atoms with Gasteiger partial charge in [-0.2, -0.15) is 6.11 Å². The summed E-state index contributed by atoms with van der Waals surface area (Å²) < 4.78 is 0. The van der Waals surface area contributed by atoms with Crippen molar-refractivity contribution in [2.75, 3.05) is 0 Å². The van der Waals surface area contributed by atoms with Gasteiger partial charge in [-0.15, -0.1) is 5.92 Å². The SMILES string of the molecule is [Li+].[O-]C#CC1CCCCC1. The molecule has 0 bridgehead atoms. The molecule has 0 saturated heterocycles. The molecule has 0 unspecified atom stereocenters. The Morgan fingerprint density at radius 3 is 2.20 bits per heavy atom. The number of hydrogen-bond acceptors (Lipinski definition) is 1. The van der Waals surface area contributed by atoms with Gasteiger partial charge in [0.25, 0.3) is 0 Å². The van der Waals surface area contributed by atoms with Crippen LogP contribution in [-0.2, 0) is 0 Å². The van der Waals surface area contributed by atoms with Gasteiger partial charge in [0.15, 0.2) is 0 Å². The van der Waals surface area contributed by atoms with Crippen molar-refractivity contribution in [3.63, 3.8) is 0 Å². The van der Waals surface area contributed by atoms with Crippen LogP contribution < -0.4 is 24.0 Å². The van der Waals surface area contributed by atoms with Crippen LogP contribution in [0.2, 0.25) is 0 Å². The van der Waals surface area contributed by atoms with E-state index in [0.717, 1.165) is 12.8 Å². The van der Waals surface area contributed by atoms with E-state index in [-0.39, 0.29) is 18.9 Å². The smallest absolute Gasteiger partial charge is 0.833 e. The summed E-state index contributed by atoms with van der Waals surface area (Å²) in [6, 6.07) is 0. The van der Waals surface area contributed by atoms with E-state index in [4.69, 9.17) is 0 Å². The van der Waals surface area contributed by atoms with Crippen LogP contribution in [0.15, 0.2) is 0 Å². The van der Waals surface area contributed by atoms with E-state index >= 15 is 0 Å². The van der Waals surface area contributed by atoms with E-state index in [0.29, 0.717) is 5.92 Å². The first-order chi connectivity index (χ1) is 4.43. The second kappa shape index (κ2) is 5.72. The zero-order chi connectivity index (χ0) is 6.53. The maximum Gasteiger partial charge on any atom is 1.00 e. The molecule has 0 atom stereocenters. The van der Waals surface area contributed by atoms with E-state index in [1.807, 2.05) is 0 Å². The molecule has 0 radical (unpaired) electrons. The van der Waals surface area contributed by atoms with Crippen LogP contribution in [-0.4, -0.2) is 0 Å². The van der Waals surface area contributed by atoms with Gasteiger partial charge in [-0.25, -0.2) is 0 Å². The zero-order valence-corrected chi connectivity index (χ0v) is 6.52. The second-order valence-corrected chi connectivity index (χ2v) is 2.58. The topological polar surface area (TPSA) is 23.1 Å². The Balaban J connectivity index is 0.000000810. The van der Waals surface area contributed by atoms with Crippen molar-refractivity contribution in [3.05, 3.63) is 0 Å². The van der Waals surface area contributed by atoms with Crippen LogP contribution in [0.4, 0.5) is 0 Å². The molecular weight excluding hydrogens is 119 g/mol. The molecule has 0 aromatic rings. The van der Waals surface area contributed by atoms with Gasteiger partial charge in [0.2, 0.25) is 0 Å². The van der Waals surface area contributed by atoms with Gasteiger partial charge in [-0.05, 0) is 12.8 Å². The molecule has 50 valence electrons. The molecule has 10 heavy (non-hydrogen) atoms. The molecule has 1 nitrogen and oxygen atoms in total. The van der Waals surface area contributed by atoms with E-state index in [1.54, 1.807) is 6.11 Å². The normalized spacial score (nSPS) is 18.4. The third-order valence-electron chi connectivity index (χ3n) is 1.87. The van der Waals surface area contributed by atoms with Crippen LogP contribution in [0.5, 0.6) is 0 Å². The first-order valence-corrected chi connectivity index (χ1v) is 3.56. The average molecular weight is 130 g/mol. The summed E-state index contributed by atoms with van der Waals surface area (Å²) >= 11 is 0. The number of rotatable bonds is 0. The summed E-state index contributed by atoms with van der Waals surface area (Å²) in [7, 11) is 0. The maximum atomic E-state index is 9.84. The predicted molar refractivity (Wildman–Crippen MR) is 34.4 cm³/mol. The predicted octanol–water partition coefficient (Wildman–Crippen LogP) is -2.11. The van der Waals surface area contributed by atoms with Crippen molar-refractivity contribution in [1.82, 2.24) is 0 Å². The monoisotopic (exact) mass is 130 g/mol. The van der Waals surface area contributed by atoms with Crippen LogP contribution in [0, 0.1) is 17.9 Å². The molecule has 1 aliphatic rings. The van der Waals surface area contributed by atoms with Crippen molar-refractivity contribution in [2.45, 2.75) is 32.1 Å². The van der Waals surface area contributed by atoms with Crippen LogP contribution in [0.25, 0.3) is 0 Å². The Morgan fingerprint density at radius 2 is 1.70 bits per heavy atom. The molecule has 2 heteroatoms. The summed E-state index contributed by atoms with van der Waals surface area (Å²) in [6.45, 7) is 0. The van der Waals surface area contributed by atoms with Crippen molar-refractivity contribution in [1.29, 1.82) is 0 Å². The first-order valence-electron chi connectivity index (χ1n) is 3.56. The summed E-state index contributed by atoms with van der Waals surface area (Å²) in [4.78, 5) is 0. The maximum absolute atomic E-state index is 9.84. The summed E-state index contributed by atoms with van der Waals surface area (Å²) in [6.07, 6.45) is 7.89. The second-order valence-electron chi connectivity index (χ2n) is 2.58.